The van der Waals surface area contributed by atoms with E-state index in [9.17, 15) is 148 Å². The van der Waals surface area contributed by atoms with Crippen molar-refractivity contribution < 1.29 is 153 Å². The van der Waals surface area contributed by atoms with Crippen LogP contribution in [0.25, 0.3) is 0 Å². The van der Waals surface area contributed by atoms with E-state index < -0.39 is 294 Å². The number of amides is 13. The average Bonchev–Trinajstić information content (AvgIpc) is 1.62. The largest absolute Gasteiger partial charge is 0.481 e. The van der Waals surface area contributed by atoms with Gasteiger partial charge in [0.2, 0.25) is 53.2 Å². The zero-order chi connectivity index (χ0) is 94.2. The number of carbonyl (C=O) groups is 17. The highest BCUT2D eigenvalue weighted by atomic mass is 32.1. The number of unbranched alkanes of at least 4 members (excludes halogenated alkanes) is 4. The number of hydrogen-bond acceptors (Lipinski definition) is 30. The Bertz CT molecular complexity index is 4030. The Morgan fingerprint density at radius 3 is 1.46 bits per heavy atom. The maximum absolute atomic E-state index is 14.6. The number of carboxylic acid groups (broad SMARTS) is 4. The predicted octanol–water partition coefficient (Wildman–Crippen LogP) is -6.72. The molecule has 126 heavy (non-hydrogen) atoms. The number of urea groups is 1. The Morgan fingerprint density at radius 2 is 0.960 bits per heavy atom. The van der Waals surface area contributed by atoms with E-state index in [0.29, 0.717) is 31.4 Å². The summed E-state index contributed by atoms with van der Waals surface area (Å²) < 4.78 is 0. The van der Waals surface area contributed by atoms with Crippen molar-refractivity contribution in [1.82, 2.24) is 58.5 Å². The van der Waals surface area contributed by atoms with Crippen LogP contribution in [-0.4, -0.2) is 334 Å². The van der Waals surface area contributed by atoms with Gasteiger partial charge in [-0.3, -0.25) is 71.9 Å². The molecule has 1 heterocycles. The molecule has 13 amide bonds. The first-order valence-corrected chi connectivity index (χ1v) is 41.7. The lowest BCUT2D eigenvalue weighted by Gasteiger charge is -2.37. The summed E-state index contributed by atoms with van der Waals surface area (Å²) in [6.45, 7) is 0.601. The molecule has 1 saturated carbocycles. The fourth-order valence-electron chi connectivity index (χ4n) is 13.1. The van der Waals surface area contributed by atoms with Crippen molar-refractivity contribution >= 4 is 130 Å². The molecule has 47 heteroatoms. The van der Waals surface area contributed by atoms with E-state index in [4.69, 9.17) is 10.8 Å². The molecular weight excluding hydrogens is 1690 g/mol. The number of nitrogens with two attached hydrogens (primary N) is 1. The van der Waals surface area contributed by atoms with Crippen molar-refractivity contribution in [2.24, 2.45) is 11.1 Å². The van der Waals surface area contributed by atoms with Crippen LogP contribution in [0.2, 0.25) is 0 Å². The van der Waals surface area contributed by atoms with Crippen LogP contribution in [0, 0.1) is 5.41 Å². The van der Waals surface area contributed by atoms with Gasteiger partial charge in [-0.15, -0.1) is 0 Å². The van der Waals surface area contributed by atoms with Crippen molar-refractivity contribution in [2.45, 2.75) is 252 Å². The number of nitrogens with one attached hydrogen (secondary N) is 12. The van der Waals surface area contributed by atoms with Gasteiger partial charge in [-0.1, -0.05) is 77.5 Å². The molecule has 4 rings (SSSR count). The minimum Gasteiger partial charge on any atom is -0.481 e. The molecule has 28 N–H and O–H groups in total. The Hall–Kier alpha value is -10.9. The molecule has 0 unspecified atom stereocenters. The van der Waals surface area contributed by atoms with Crippen molar-refractivity contribution in [1.29, 1.82) is 0 Å². The molecular formula is C79H121N15O31S. The first-order chi connectivity index (χ1) is 59.4. The molecule has 704 valence electrons. The molecule has 2 aromatic carbocycles. The summed E-state index contributed by atoms with van der Waals surface area (Å²) in [6, 6.07) is -1.75. The van der Waals surface area contributed by atoms with Crippen LogP contribution in [0.4, 0.5) is 21.9 Å². The number of rotatable bonds is 56. The van der Waals surface area contributed by atoms with Crippen LogP contribution in [0.15, 0.2) is 48.5 Å². The fourth-order valence-corrected chi connectivity index (χ4v) is 13.3. The van der Waals surface area contributed by atoms with Crippen LogP contribution in [-0.2, 0) is 71.9 Å². The minimum atomic E-state index is -2.18. The molecule has 0 bridgehead atoms. The maximum atomic E-state index is 14.6. The number of Topliss-reactive ketones (excluding diaryl/α,β-unsaturated/α-hetero) is 1. The quantitative estimate of drug-likeness (QED) is 0.0216. The number of benzene rings is 2. The lowest BCUT2D eigenvalue weighted by atomic mass is 9.90. The molecule has 1 fully saturated rings. The van der Waals surface area contributed by atoms with Gasteiger partial charge in [0.05, 0.1) is 49.8 Å². The minimum absolute atomic E-state index is 0.0811. The van der Waals surface area contributed by atoms with Gasteiger partial charge in [-0.2, -0.15) is 12.6 Å². The van der Waals surface area contributed by atoms with E-state index >= 15 is 0 Å². The monoisotopic (exact) mass is 1810 g/mol. The van der Waals surface area contributed by atoms with Crippen LogP contribution >= 0.6 is 12.6 Å². The van der Waals surface area contributed by atoms with Gasteiger partial charge in [0.15, 0.2) is 5.78 Å². The number of hydrogen-bond donors (Lipinski definition) is 28. The van der Waals surface area contributed by atoms with E-state index in [1.165, 1.54) is 17.0 Å². The highest BCUT2D eigenvalue weighted by molar-refractivity contribution is 7.80. The van der Waals surface area contributed by atoms with Crippen LogP contribution in [0.3, 0.4) is 0 Å². The van der Waals surface area contributed by atoms with Gasteiger partial charge in [-0.05, 0) is 81.7 Å². The summed E-state index contributed by atoms with van der Waals surface area (Å²) in [4.78, 5) is 230. The normalized spacial score (nSPS) is 17.1. The molecule has 0 spiro atoms. The number of thiol groups is 1. The molecule has 0 saturated heterocycles. The van der Waals surface area contributed by atoms with Gasteiger partial charge < -0.3 is 151 Å². The number of aliphatic hydroxyl groups is 10. The first-order valence-electron chi connectivity index (χ1n) is 41.1. The molecule has 1 aliphatic heterocycles. The number of ketones is 1. The van der Waals surface area contributed by atoms with Crippen LogP contribution in [0.1, 0.15) is 160 Å². The number of carboxylic acids is 4. The van der Waals surface area contributed by atoms with E-state index in [2.05, 4.69) is 70.7 Å². The van der Waals surface area contributed by atoms with E-state index in [-0.39, 0.29) is 55.6 Å². The van der Waals surface area contributed by atoms with Gasteiger partial charge in [0.1, 0.15) is 85.0 Å². The topological polar surface area (TPSA) is 750 Å². The standard InChI is InChI=1S/C79H121N15O31S/c1-79(2,3)58(101)37-94-53-20-12-11-19-52(53)93(43-17-8-7-9-18-43)36-50(76(94)122)92-78(125)85-42-16-14-15-41(31-42)69(115)81-30-13-6-4-5-10-21-61(104)86-46(24-28-62(105)106)72(118)88-47(23-27-60(103)83-35-55(98)66(112)68(114)57(100)39-96)73(119)89-48(25-29-63(107)108)74(120)87-45(22-26-59(102)82-34-54(97)65(111)67(113)56(99)38-95)71(117)84-33-44(80)70(116)90-49(32-64(109)110)75(121)91-51(40-126)77(123)124/h11-12,14-16,19-20,31,43-51,54-57,65-68,95-100,111-114,126H,4-10,13,17-18,21-30,32-40,80H2,1-3H3,(H,81,115)(H,82,102)(H,83,103)(H,84,117)(H,86,104)(H,87,120)(H,88,118)(H,89,119)(H,90,116)(H,91,121)(H,105,106)(H,107,108)(H,109,110)(H,123,124)(H2,85,92,125)/t44-,45-,46-,47-,48-,49-,50+,51-,54+,55+,56-,57-,65-,66-,67-,68-/m0/s1. The van der Waals surface area contributed by atoms with Gasteiger partial charge >= 0.3 is 29.9 Å². The van der Waals surface area contributed by atoms with Gasteiger partial charge in [-0.25, -0.2) is 9.59 Å². The lowest BCUT2D eigenvalue weighted by molar-refractivity contribution is -0.143. The number of fused-ring (bicyclic) bond motifs is 1. The molecule has 0 radical (unpaired) electrons. The third-order valence-electron chi connectivity index (χ3n) is 20.6. The third-order valence-corrected chi connectivity index (χ3v) is 21.0. The van der Waals surface area contributed by atoms with Crippen molar-refractivity contribution in [3.63, 3.8) is 0 Å². The molecule has 1 aliphatic carbocycles. The zero-order valence-corrected chi connectivity index (χ0v) is 71.0. The molecule has 0 aromatic heterocycles. The molecule has 2 aromatic rings. The molecule has 2 aliphatic rings. The van der Waals surface area contributed by atoms with Crippen molar-refractivity contribution in [2.75, 3.05) is 73.4 Å². The highest BCUT2D eigenvalue weighted by Gasteiger charge is 2.42. The second kappa shape index (κ2) is 54.2. The SMILES string of the molecule is CC(C)(C)C(=O)CN1C(=O)[C@H](NC(=O)Nc2cccc(C(=O)NCCCCCCCC(=O)N[C@@H](CCC(=O)O)C(=O)N[C@@H](CCC(=O)NC[C@@H](O)[C@H](O)[C@@H](O)[C@@H](O)CO)C(=O)N[C@@H](CCC(=O)O)C(=O)N[C@@H](CCC(=O)NC[C@@H](O)[C@H](O)[C@@H](O)[C@@H](O)CO)C(=O)NC[C@H](N)C(=O)N[C@@H](CC(=O)O)C(=O)N[C@@H](CS)C(=O)O)c2)CN(C2CCCCC2)c2ccccc21. The Balaban J connectivity index is 1.50. The summed E-state index contributed by atoms with van der Waals surface area (Å²) in [5.74, 6) is -19.0. The zero-order valence-electron chi connectivity index (χ0n) is 70.1. The number of anilines is 3. The summed E-state index contributed by atoms with van der Waals surface area (Å²) in [5, 5.41) is 166. The second-order valence-corrected chi connectivity index (χ2v) is 31.9. The van der Waals surface area contributed by atoms with Gasteiger partial charge in [0.25, 0.3) is 11.8 Å². The Labute approximate surface area is 729 Å². The fraction of sp³-hybridized carbons (Fsp3) is 0.633. The van der Waals surface area contributed by atoms with E-state index in [1.807, 2.05) is 22.8 Å². The van der Waals surface area contributed by atoms with E-state index in [0.717, 1.165) is 37.8 Å². The van der Waals surface area contributed by atoms with E-state index in [1.54, 1.807) is 45.0 Å². The highest BCUT2D eigenvalue weighted by Crippen LogP contribution is 2.38. The molecule has 46 nitrogen and oxygen atoms in total. The number of nitrogens with zero attached hydrogens (tertiary/aromatic N) is 2. The number of para-hydroxylation sites is 2. The van der Waals surface area contributed by atoms with Crippen LogP contribution < -0.4 is 79.3 Å². The van der Waals surface area contributed by atoms with Gasteiger partial charge in [0, 0.05) is 93.3 Å². The third kappa shape index (κ3) is 37.0. The Morgan fingerprint density at radius 1 is 0.492 bits per heavy atom. The lowest BCUT2D eigenvalue weighted by Crippen LogP contribution is -2.59. The Kier molecular flexibility index (Phi) is 46.3. The summed E-state index contributed by atoms with van der Waals surface area (Å²) in [5.41, 5.74) is 6.99. The smallest absolute Gasteiger partial charge is 0.327 e. The number of aliphatic hydroxyl groups excluding tert-OH is 10. The molecule has 16 atom stereocenters. The van der Waals surface area contributed by atoms with Crippen molar-refractivity contribution in [3.8, 4) is 0 Å². The van der Waals surface area contributed by atoms with Crippen LogP contribution in [0.5, 0.6) is 0 Å². The predicted molar refractivity (Wildman–Crippen MR) is 447 cm³/mol. The summed E-state index contributed by atoms with van der Waals surface area (Å²) in [7, 11) is 0. The number of carbonyl (C=O) groups excluding carboxylic acids is 13. The summed E-state index contributed by atoms with van der Waals surface area (Å²) >= 11 is 3.81. The average molecular weight is 1810 g/mol. The first kappa shape index (κ1) is 107. The summed E-state index contributed by atoms with van der Waals surface area (Å²) in [6.07, 6.45) is -17.7. The maximum Gasteiger partial charge on any atom is 0.327 e. The van der Waals surface area contributed by atoms with Crippen molar-refractivity contribution in [3.05, 3.63) is 54.1 Å². The number of aliphatic carboxylic acids is 4. The second-order valence-electron chi connectivity index (χ2n) is 31.6.